The molecule has 1 fully saturated rings. The van der Waals surface area contributed by atoms with E-state index in [1.165, 1.54) is 24.8 Å². The van der Waals surface area contributed by atoms with E-state index in [1.54, 1.807) is 13.3 Å². The van der Waals surface area contributed by atoms with Gasteiger partial charge in [-0.05, 0) is 50.6 Å². The molecular formula is C19H31IN6O. The van der Waals surface area contributed by atoms with E-state index in [9.17, 15) is 0 Å². The highest BCUT2D eigenvalue weighted by atomic mass is 127. The lowest BCUT2D eigenvalue weighted by Gasteiger charge is -2.33. The number of rotatable bonds is 7. The van der Waals surface area contributed by atoms with Crippen LogP contribution in [0.1, 0.15) is 36.6 Å². The SMILES string of the molecule is CN=C(NCCn1cc(C)cn1)NCC(c1ccco1)N1CCCCC1.I. The molecule has 0 amide bonds. The highest BCUT2D eigenvalue weighted by molar-refractivity contribution is 14.0. The van der Waals surface area contributed by atoms with Gasteiger partial charge in [-0.2, -0.15) is 5.10 Å². The van der Waals surface area contributed by atoms with Gasteiger partial charge >= 0.3 is 0 Å². The first-order chi connectivity index (χ1) is 12.8. The van der Waals surface area contributed by atoms with E-state index in [-0.39, 0.29) is 30.0 Å². The topological polar surface area (TPSA) is 70.6 Å². The lowest BCUT2D eigenvalue weighted by atomic mass is 10.1. The molecule has 1 unspecified atom stereocenters. The Morgan fingerprint density at radius 3 is 2.74 bits per heavy atom. The Bertz CT molecular complexity index is 678. The third kappa shape index (κ3) is 6.53. The number of aromatic nitrogens is 2. The number of piperidine rings is 1. The van der Waals surface area contributed by atoms with Crippen LogP contribution >= 0.6 is 24.0 Å². The van der Waals surface area contributed by atoms with Crippen LogP contribution in [0.5, 0.6) is 0 Å². The van der Waals surface area contributed by atoms with Gasteiger partial charge in [0.1, 0.15) is 5.76 Å². The van der Waals surface area contributed by atoms with Gasteiger partial charge in [0.15, 0.2) is 5.96 Å². The van der Waals surface area contributed by atoms with Crippen LogP contribution in [0.3, 0.4) is 0 Å². The summed E-state index contributed by atoms with van der Waals surface area (Å²) < 4.78 is 7.64. The fourth-order valence-corrected chi connectivity index (χ4v) is 3.41. The molecule has 2 aromatic heterocycles. The van der Waals surface area contributed by atoms with Crippen LogP contribution in [0.4, 0.5) is 0 Å². The minimum atomic E-state index is 0. The summed E-state index contributed by atoms with van der Waals surface area (Å²) in [6.07, 6.45) is 9.51. The van der Waals surface area contributed by atoms with Gasteiger partial charge in [0.05, 0.1) is 25.0 Å². The number of halogens is 1. The number of nitrogens with one attached hydrogen (secondary N) is 2. The van der Waals surface area contributed by atoms with E-state index >= 15 is 0 Å². The maximum Gasteiger partial charge on any atom is 0.191 e. The summed E-state index contributed by atoms with van der Waals surface area (Å²) in [4.78, 5) is 6.85. The fraction of sp³-hybridized carbons (Fsp3) is 0.579. The molecule has 3 rings (SSSR count). The molecule has 0 aliphatic carbocycles. The summed E-state index contributed by atoms with van der Waals surface area (Å²) in [5.41, 5.74) is 1.18. The van der Waals surface area contributed by atoms with E-state index in [2.05, 4.69) is 31.7 Å². The number of furan rings is 1. The van der Waals surface area contributed by atoms with Gasteiger partial charge in [0.25, 0.3) is 0 Å². The number of nitrogens with zero attached hydrogens (tertiary/aromatic N) is 4. The average molecular weight is 486 g/mol. The second-order valence-corrected chi connectivity index (χ2v) is 6.79. The first-order valence-electron chi connectivity index (χ1n) is 9.47. The first kappa shape index (κ1) is 21.7. The van der Waals surface area contributed by atoms with Crippen LogP contribution in [0.15, 0.2) is 40.2 Å². The quantitative estimate of drug-likeness (QED) is 0.358. The van der Waals surface area contributed by atoms with Gasteiger partial charge in [-0.15, -0.1) is 24.0 Å². The third-order valence-electron chi connectivity index (χ3n) is 4.79. The average Bonchev–Trinajstić information content (AvgIpc) is 3.33. The normalized spacial score (nSPS) is 16.6. The molecule has 27 heavy (non-hydrogen) atoms. The van der Waals surface area contributed by atoms with Crippen molar-refractivity contribution in [3.05, 3.63) is 42.1 Å². The molecule has 3 heterocycles. The first-order valence-corrected chi connectivity index (χ1v) is 9.47. The molecule has 1 aliphatic rings. The predicted octanol–water partition coefficient (Wildman–Crippen LogP) is 2.79. The largest absolute Gasteiger partial charge is 0.468 e. The van der Waals surface area contributed by atoms with Gasteiger partial charge < -0.3 is 15.1 Å². The molecule has 0 aromatic carbocycles. The van der Waals surface area contributed by atoms with Crippen molar-refractivity contribution in [2.75, 3.05) is 33.2 Å². The predicted molar refractivity (Wildman–Crippen MR) is 119 cm³/mol. The Morgan fingerprint density at radius 2 is 2.11 bits per heavy atom. The molecule has 0 saturated carbocycles. The van der Waals surface area contributed by atoms with Crippen LogP contribution < -0.4 is 10.6 Å². The highest BCUT2D eigenvalue weighted by Gasteiger charge is 2.24. The zero-order chi connectivity index (χ0) is 18.2. The van der Waals surface area contributed by atoms with Crippen LogP contribution in [-0.2, 0) is 6.54 Å². The highest BCUT2D eigenvalue weighted by Crippen LogP contribution is 2.24. The molecule has 1 saturated heterocycles. The monoisotopic (exact) mass is 486 g/mol. The van der Waals surface area contributed by atoms with Crippen molar-refractivity contribution in [1.29, 1.82) is 0 Å². The number of likely N-dealkylation sites (tertiary alicyclic amines) is 1. The minimum Gasteiger partial charge on any atom is -0.468 e. The van der Waals surface area contributed by atoms with Crippen molar-refractivity contribution in [2.24, 2.45) is 4.99 Å². The molecule has 2 N–H and O–H groups in total. The molecule has 150 valence electrons. The summed E-state index contributed by atoms with van der Waals surface area (Å²) in [6, 6.07) is 4.26. The van der Waals surface area contributed by atoms with Gasteiger partial charge in [-0.3, -0.25) is 14.6 Å². The molecule has 2 aromatic rings. The van der Waals surface area contributed by atoms with E-state index in [4.69, 9.17) is 4.42 Å². The van der Waals surface area contributed by atoms with Crippen molar-refractivity contribution in [3.63, 3.8) is 0 Å². The van der Waals surface area contributed by atoms with E-state index in [1.807, 2.05) is 30.1 Å². The lowest BCUT2D eigenvalue weighted by Crippen LogP contribution is -2.45. The summed E-state index contributed by atoms with van der Waals surface area (Å²) in [6.45, 7) is 6.65. The van der Waals surface area contributed by atoms with Gasteiger partial charge in [0.2, 0.25) is 0 Å². The number of aliphatic imine (C=N–C) groups is 1. The molecular weight excluding hydrogens is 455 g/mol. The van der Waals surface area contributed by atoms with Crippen LogP contribution in [0.2, 0.25) is 0 Å². The fourth-order valence-electron chi connectivity index (χ4n) is 3.41. The zero-order valence-corrected chi connectivity index (χ0v) is 18.6. The summed E-state index contributed by atoms with van der Waals surface area (Å²) in [7, 11) is 1.80. The second kappa shape index (κ2) is 11.3. The Hall–Kier alpha value is -1.55. The van der Waals surface area contributed by atoms with Crippen LogP contribution in [0, 0.1) is 6.92 Å². The van der Waals surface area contributed by atoms with Crippen molar-refractivity contribution < 1.29 is 4.42 Å². The van der Waals surface area contributed by atoms with Crippen molar-refractivity contribution >= 4 is 29.9 Å². The van der Waals surface area contributed by atoms with E-state index < -0.39 is 0 Å². The van der Waals surface area contributed by atoms with Gasteiger partial charge in [-0.1, -0.05) is 6.42 Å². The molecule has 1 aliphatic heterocycles. The van der Waals surface area contributed by atoms with Gasteiger partial charge in [-0.25, -0.2) is 0 Å². The minimum absolute atomic E-state index is 0. The lowest BCUT2D eigenvalue weighted by molar-refractivity contribution is 0.146. The van der Waals surface area contributed by atoms with Crippen molar-refractivity contribution in [2.45, 2.75) is 38.8 Å². The maximum absolute atomic E-state index is 5.70. The van der Waals surface area contributed by atoms with Crippen molar-refractivity contribution in [3.8, 4) is 0 Å². The molecule has 1 atom stereocenters. The molecule has 8 heteroatoms. The second-order valence-electron chi connectivity index (χ2n) is 6.79. The van der Waals surface area contributed by atoms with E-state index in [0.29, 0.717) is 0 Å². The Labute approximate surface area is 178 Å². The Balaban J connectivity index is 0.00000261. The number of hydrogen-bond acceptors (Lipinski definition) is 4. The Morgan fingerprint density at radius 1 is 1.30 bits per heavy atom. The number of guanidine groups is 1. The summed E-state index contributed by atoms with van der Waals surface area (Å²) >= 11 is 0. The standard InChI is InChI=1S/C19H30N6O.HI/c1-16-13-23-25(15-16)11-8-21-19(20-2)22-14-17(18-7-6-12-26-18)24-9-4-3-5-10-24;/h6-7,12-13,15,17H,3-5,8-11,14H2,1-2H3,(H2,20,21,22);1H. The molecule has 0 spiro atoms. The zero-order valence-electron chi connectivity index (χ0n) is 16.2. The molecule has 0 radical (unpaired) electrons. The number of hydrogen-bond donors (Lipinski definition) is 2. The molecule has 7 nitrogen and oxygen atoms in total. The molecule has 0 bridgehead atoms. The van der Waals surface area contributed by atoms with E-state index in [0.717, 1.165) is 44.4 Å². The van der Waals surface area contributed by atoms with Crippen molar-refractivity contribution in [1.82, 2.24) is 25.3 Å². The maximum atomic E-state index is 5.70. The number of aryl methyl sites for hydroxylation is 1. The summed E-state index contributed by atoms with van der Waals surface area (Å²) in [5, 5.41) is 11.1. The summed E-state index contributed by atoms with van der Waals surface area (Å²) in [5.74, 6) is 1.82. The van der Waals surface area contributed by atoms with Crippen LogP contribution in [0.25, 0.3) is 0 Å². The van der Waals surface area contributed by atoms with Crippen LogP contribution in [-0.4, -0.2) is 53.9 Å². The third-order valence-corrected chi connectivity index (χ3v) is 4.79. The van der Waals surface area contributed by atoms with Gasteiger partial charge in [0, 0.05) is 26.3 Å². The Kier molecular flexibility index (Phi) is 9.12. The smallest absolute Gasteiger partial charge is 0.191 e.